The van der Waals surface area contributed by atoms with E-state index in [2.05, 4.69) is 5.32 Å². The van der Waals surface area contributed by atoms with E-state index in [1.165, 1.54) is 0 Å². The molecule has 2 amide bonds. The molecule has 2 atom stereocenters. The molecule has 24 heavy (non-hydrogen) atoms. The van der Waals surface area contributed by atoms with Crippen LogP contribution in [0.1, 0.15) is 47.0 Å². The van der Waals surface area contributed by atoms with Gasteiger partial charge in [-0.05, 0) is 47.0 Å². The van der Waals surface area contributed by atoms with Crippen molar-refractivity contribution < 1.29 is 23.8 Å². The highest BCUT2D eigenvalue weighted by Crippen LogP contribution is 2.16. The molecule has 2 saturated heterocycles. The normalized spacial score (nSPS) is 23.3. The molecule has 0 aliphatic carbocycles. The van der Waals surface area contributed by atoms with Crippen LogP contribution in [0.4, 0.5) is 4.79 Å². The maximum atomic E-state index is 12.1. The van der Waals surface area contributed by atoms with Crippen molar-refractivity contribution in [3.05, 3.63) is 0 Å². The Morgan fingerprint density at radius 2 is 2.00 bits per heavy atom. The summed E-state index contributed by atoms with van der Waals surface area (Å²) >= 11 is 0. The van der Waals surface area contributed by atoms with Gasteiger partial charge in [-0.1, -0.05) is 0 Å². The maximum absolute atomic E-state index is 12.1. The Balaban J connectivity index is 1.62. The summed E-state index contributed by atoms with van der Waals surface area (Å²) in [6, 6.07) is -0.0398. The highest BCUT2D eigenvalue weighted by Gasteiger charge is 2.35. The zero-order valence-corrected chi connectivity index (χ0v) is 15.2. The van der Waals surface area contributed by atoms with E-state index < -0.39 is 11.7 Å². The molecule has 1 N–H and O–H groups in total. The molecule has 0 radical (unpaired) electrons. The van der Waals surface area contributed by atoms with Crippen LogP contribution in [0.2, 0.25) is 0 Å². The molecule has 2 aliphatic heterocycles. The predicted molar refractivity (Wildman–Crippen MR) is 88.7 cm³/mol. The molecule has 0 aromatic heterocycles. The van der Waals surface area contributed by atoms with E-state index in [-0.39, 0.29) is 24.1 Å². The zero-order chi connectivity index (χ0) is 17.7. The SMILES string of the molecule is C[C@H](OC[C@@H]1CCCCO1)C(=O)NC1CN(C(=O)OC(C)(C)C)C1. The van der Waals surface area contributed by atoms with Crippen LogP contribution in [0.3, 0.4) is 0 Å². The van der Waals surface area contributed by atoms with Crippen molar-refractivity contribution in [3.8, 4) is 0 Å². The van der Waals surface area contributed by atoms with Gasteiger partial charge in [0.15, 0.2) is 0 Å². The third-order valence-electron chi connectivity index (χ3n) is 4.05. The van der Waals surface area contributed by atoms with Gasteiger partial charge in [0.2, 0.25) is 5.91 Å². The van der Waals surface area contributed by atoms with Gasteiger partial charge in [0.25, 0.3) is 0 Å². The first-order valence-electron chi connectivity index (χ1n) is 8.76. The molecular weight excluding hydrogens is 312 g/mol. The Morgan fingerprint density at radius 3 is 2.58 bits per heavy atom. The van der Waals surface area contributed by atoms with Gasteiger partial charge in [-0.15, -0.1) is 0 Å². The Labute approximate surface area is 144 Å². The number of rotatable bonds is 5. The number of likely N-dealkylation sites (tertiary alicyclic amines) is 1. The largest absolute Gasteiger partial charge is 0.444 e. The van der Waals surface area contributed by atoms with Crippen molar-refractivity contribution in [2.45, 2.75) is 70.8 Å². The standard InChI is InChI=1S/C17H30N2O5/c1-12(23-11-14-7-5-6-8-22-14)15(20)18-13-9-19(10-13)16(21)24-17(2,3)4/h12-14H,5-11H2,1-4H3,(H,18,20)/t12-,14-/m0/s1. The molecule has 2 fully saturated rings. The fourth-order valence-corrected chi connectivity index (χ4v) is 2.63. The van der Waals surface area contributed by atoms with Crippen LogP contribution in [0.5, 0.6) is 0 Å². The summed E-state index contributed by atoms with van der Waals surface area (Å²) in [6.07, 6.45) is 2.47. The molecule has 138 valence electrons. The van der Waals surface area contributed by atoms with E-state index in [1.54, 1.807) is 11.8 Å². The second-order valence-corrected chi connectivity index (χ2v) is 7.55. The maximum Gasteiger partial charge on any atom is 0.410 e. The lowest BCUT2D eigenvalue weighted by Gasteiger charge is -2.40. The molecule has 7 nitrogen and oxygen atoms in total. The lowest BCUT2D eigenvalue weighted by molar-refractivity contribution is -0.137. The Kier molecular flexibility index (Phi) is 6.46. The average molecular weight is 342 g/mol. The number of amides is 2. The first-order valence-corrected chi connectivity index (χ1v) is 8.76. The number of hydrogen-bond donors (Lipinski definition) is 1. The minimum absolute atomic E-state index is 0.0398. The van der Waals surface area contributed by atoms with Crippen molar-refractivity contribution >= 4 is 12.0 Å². The Bertz CT molecular complexity index is 437. The van der Waals surface area contributed by atoms with E-state index >= 15 is 0 Å². The first kappa shape index (κ1) is 19.0. The predicted octanol–water partition coefficient (Wildman–Crippen LogP) is 1.70. The molecule has 0 saturated carbocycles. The topological polar surface area (TPSA) is 77.1 Å². The Morgan fingerprint density at radius 1 is 1.29 bits per heavy atom. The van der Waals surface area contributed by atoms with Crippen molar-refractivity contribution in [3.63, 3.8) is 0 Å². The summed E-state index contributed by atoms with van der Waals surface area (Å²) in [5.74, 6) is -0.153. The molecule has 2 aliphatic rings. The summed E-state index contributed by atoms with van der Waals surface area (Å²) in [6.45, 7) is 9.40. The van der Waals surface area contributed by atoms with Gasteiger partial charge >= 0.3 is 6.09 Å². The number of nitrogens with one attached hydrogen (secondary N) is 1. The van der Waals surface area contributed by atoms with Gasteiger partial charge < -0.3 is 24.4 Å². The van der Waals surface area contributed by atoms with E-state index in [0.29, 0.717) is 19.7 Å². The minimum atomic E-state index is -0.522. The minimum Gasteiger partial charge on any atom is -0.444 e. The van der Waals surface area contributed by atoms with Crippen LogP contribution in [-0.2, 0) is 19.0 Å². The molecule has 0 spiro atoms. The first-order chi connectivity index (χ1) is 11.2. The second kappa shape index (κ2) is 8.16. The molecule has 2 heterocycles. The Hall–Kier alpha value is -1.34. The van der Waals surface area contributed by atoms with Crippen LogP contribution in [-0.4, -0.2) is 67.1 Å². The monoisotopic (exact) mass is 342 g/mol. The summed E-state index contributed by atoms with van der Waals surface area (Å²) in [7, 11) is 0. The molecule has 2 rings (SSSR count). The average Bonchev–Trinajstić information content (AvgIpc) is 2.46. The quantitative estimate of drug-likeness (QED) is 0.823. The van der Waals surface area contributed by atoms with E-state index in [4.69, 9.17) is 14.2 Å². The summed E-state index contributed by atoms with van der Waals surface area (Å²) in [5.41, 5.74) is -0.505. The van der Waals surface area contributed by atoms with Crippen LogP contribution in [0.25, 0.3) is 0 Å². The summed E-state index contributed by atoms with van der Waals surface area (Å²) in [4.78, 5) is 25.5. The number of ether oxygens (including phenoxy) is 3. The molecule has 7 heteroatoms. The fraction of sp³-hybridized carbons (Fsp3) is 0.882. The number of nitrogens with zero attached hydrogens (tertiary/aromatic N) is 1. The van der Waals surface area contributed by atoms with Gasteiger partial charge in [-0.2, -0.15) is 0 Å². The summed E-state index contributed by atoms with van der Waals surface area (Å²) in [5, 5.41) is 2.90. The number of carbonyl (C=O) groups is 2. The molecule has 0 aromatic rings. The fourth-order valence-electron chi connectivity index (χ4n) is 2.63. The second-order valence-electron chi connectivity index (χ2n) is 7.55. The van der Waals surface area contributed by atoms with Gasteiger partial charge in [0, 0.05) is 19.7 Å². The van der Waals surface area contributed by atoms with Gasteiger partial charge in [-0.25, -0.2) is 4.79 Å². The highest BCUT2D eigenvalue weighted by molar-refractivity contribution is 5.81. The van der Waals surface area contributed by atoms with E-state index in [0.717, 1.165) is 25.9 Å². The van der Waals surface area contributed by atoms with Crippen LogP contribution in [0.15, 0.2) is 0 Å². The smallest absolute Gasteiger partial charge is 0.410 e. The van der Waals surface area contributed by atoms with E-state index in [1.807, 2.05) is 20.8 Å². The molecule has 0 aromatic carbocycles. The van der Waals surface area contributed by atoms with Crippen molar-refractivity contribution in [1.82, 2.24) is 10.2 Å². The molecular formula is C17H30N2O5. The number of carbonyl (C=O) groups excluding carboxylic acids is 2. The number of hydrogen-bond acceptors (Lipinski definition) is 5. The molecule has 0 unspecified atom stereocenters. The van der Waals surface area contributed by atoms with Gasteiger partial charge in [0.05, 0.1) is 18.8 Å². The van der Waals surface area contributed by atoms with Crippen molar-refractivity contribution in [1.29, 1.82) is 0 Å². The summed E-state index contributed by atoms with van der Waals surface area (Å²) < 4.78 is 16.5. The van der Waals surface area contributed by atoms with E-state index in [9.17, 15) is 9.59 Å². The van der Waals surface area contributed by atoms with Crippen LogP contribution in [0, 0.1) is 0 Å². The van der Waals surface area contributed by atoms with Crippen LogP contribution < -0.4 is 5.32 Å². The lowest BCUT2D eigenvalue weighted by atomic mass is 10.1. The third kappa shape index (κ3) is 5.94. The highest BCUT2D eigenvalue weighted by atomic mass is 16.6. The zero-order valence-electron chi connectivity index (χ0n) is 15.2. The van der Waals surface area contributed by atoms with Crippen molar-refractivity contribution in [2.24, 2.45) is 0 Å². The lowest BCUT2D eigenvalue weighted by Crippen LogP contribution is -2.62. The van der Waals surface area contributed by atoms with Gasteiger partial charge in [0.1, 0.15) is 11.7 Å². The molecule has 0 bridgehead atoms. The third-order valence-corrected chi connectivity index (χ3v) is 4.05. The van der Waals surface area contributed by atoms with Gasteiger partial charge in [-0.3, -0.25) is 4.79 Å². The van der Waals surface area contributed by atoms with Crippen molar-refractivity contribution in [2.75, 3.05) is 26.3 Å². The van der Waals surface area contributed by atoms with Crippen LogP contribution >= 0.6 is 0 Å².